The maximum atomic E-state index is 13.0. The molecular formula is C18H20N4O5S. The molecule has 2 heterocycles. The normalized spacial score (nSPS) is 11.1. The molecular weight excluding hydrogens is 384 g/mol. The van der Waals surface area contributed by atoms with Gasteiger partial charge in [0, 0.05) is 12.6 Å². The van der Waals surface area contributed by atoms with Crippen molar-refractivity contribution in [3.05, 3.63) is 46.2 Å². The molecule has 0 saturated heterocycles. The fourth-order valence-electron chi connectivity index (χ4n) is 2.64. The summed E-state index contributed by atoms with van der Waals surface area (Å²) in [5.41, 5.74) is 0.718. The van der Waals surface area contributed by atoms with Gasteiger partial charge < -0.3 is 14.1 Å². The molecule has 0 radical (unpaired) electrons. The monoisotopic (exact) mass is 404 g/mol. The number of carbonyl (C=O) groups excluding carboxylic acids is 1. The van der Waals surface area contributed by atoms with E-state index >= 15 is 0 Å². The molecule has 0 fully saturated rings. The molecule has 0 bridgehead atoms. The number of ether oxygens (including phenoxy) is 1. The topological polar surface area (TPSA) is 102 Å². The Morgan fingerprint density at radius 3 is 2.71 bits per heavy atom. The van der Waals surface area contributed by atoms with E-state index in [1.165, 1.54) is 28.4 Å². The van der Waals surface area contributed by atoms with E-state index in [0.29, 0.717) is 23.8 Å². The number of carbonyl (C=O) groups is 1. The number of benzene rings is 1. The Bertz CT molecular complexity index is 997. The number of fused-ring (bicyclic) bond motifs is 1. The fourth-order valence-corrected chi connectivity index (χ4v) is 3.61. The summed E-state index contributed by atoms with van der Waals surface area (Å²) in [5.74, 6) is -0.339. The summed E-state index contributed by atoms with van der Waals surface area (Å²) in [7, 11) is 5.48. The summed E-state index contributed by atoms with van der Waals surface area (Å²) in [6, 6.07) is 8.01. The van der Waals surface area contributed by atoms with E-state index in [9.17, 15) is 14.9 Å². The van der Waals surface area contributed by atoms with Crippen LogP contribution in [0.25, 0.3) is 10.2 Å². The van der Waals surface area contributed by atoms with E-state index in [2.05, 4.69) is 4.98 Å². The van der Waals surface area contributed by atoms with Gasteiger partial charge in [0.25, 0.3) is 5.91 Å². The SMILES string of the molecule is COc1ccc2sc(N(CCCN(C)C)C(=O)c3ccc([N+](=O)[O-])o3)nc2c1. The van der Waals surface area contributed by atoms with Crippen LogP contribution >= 0.6 is 11.3 Å². The number of amides is 1. The summed E-state index contributed by atoms with van der Waals surface area (Å²) >= 11 is 1.37. The number of hydrogen-bond donors (Lipinski definition) is 0. The first-order valence-corrected chi connectivity index (χ1v) is 9.36. The van der Waals surface area contributed by atoms with Crippen LogP contribution in [0, 0.1) is 10.1 Å². The molecule has 10 heteroatoms. The lowest BCUT2D eigenvalue weighted by molar-refractivity contribution is -0.402. The van der Waals surface area contributed by atoms with Crippen LogP contribution in [0.5, 0.6) is 5.75 Å². The maximum absolute atomic E-state index is 13.0. The molecule has 1 aromatic carbocycles. The van der Waals surface area contributed by atoms with Gasteiger partial charge in [-0.15, -0.1) is 0 Å². The third kappa shape index (κ3) is 4.29. The lowest BCUT2D eigenvalue weighted by Crippen LogP contribution is -2.33. The van der Waals surface area contributed by atoms with E-state index in [1.54, 1.807) is 13.2 Å². The summed E-state index contributed by atoms with van der Waals surface area (Å²) in [5, 5.41) is 11.4. The third-order valence-electron chi connectivity index (χ3n) is 4.03. The molecule has 28 heavy (non-hydrogen) atoms. The molecule has 3 rings (SSSR count). The van der Waals surface area contributed by atoms with Crippen LogP contribution < -0.4 is 9.64 Å². The lowest BCUT2D eigenvalue weighted by Gasteiger charge is -2.19. The van der Waals surface area contributed by atoms with Crippen LogP contribution in [0.2, 0.25) is 0 Å². The highest BCUT2D eigenvalue weighted by atomic mass is 32.1. The van der Waals surface area contributed by atoms with Gasteiger partial charge in [0.1, 0.15) is 10.7 Å². The quantitative estimate of drug-likeness (QED) is 0.419. The van der Waals surface area contributed by atoms with Crippen molar-refractivity contribution >= 4 is 38.5 Å². The highest BCUT2D eigenvalue weighted by Crippen LogP contribution is 2.32. The van der Waals surface area contributed by atoms with Gasteiger partial charge >= 0.3 is 5.88 Å². The number of nitro groups is 1. The number of methoxy groups -OCH3 is 1. The zero-order valence-corrected chi connectivity index (χ0v) is 16.6. The molecule has 0 aliphatic carbocycles. The van der Waals surface area contributed by atoms with E-state index < -0.39 is 16.7 Å². The minimum absolute atomic E-state index is 0.0895. The number of hydrogen-bond acceptors (Lipinski definition) is 8. The second-order valence-corrected chi connectivity index (χ2v) is 7.35. The van der Waals surface area contributed by atoms with Crippen molar-refractivity contribution in [2.45, 2.75) is 6.42 Å². The Labute approximate surface area is 165 Å². The molecule has 2 aromatic heterocycles. The van der Waals surface area contributed by atoms with Crippen LogP contribution in [-0.4, -0.2) is 55.0 Å². The minimum Gasteiger partial charge on any atom is -0.497 e. The highest BCUT2D eigenvalue weighted by molar-refractivity contribution is 7.22. The molecule has 0 saturated carbocycles. The predicted octanol–water partition coefficient (Wildman–Crippen LogP) is 3.40. The number of rotatable bonds is 8. The minimum atomic E-state index is -0.670. The summed E-state index contributed by atoms with van der Waals surface area (Å²) in [6.07, 6.45) is 0.709. The second kappa shape index (κ2) is 8.36. The van der Waals surface area contributed by atoms with Gasteiger partial charge in [0.05, 0.1) is 23.4 Å². The van der Waals surface area contributed by atoms with Gasteiger partial charge in [0.15, 0.2) is 10.9 Å². The zero-order valence-electron chi connectivity index (χ0n) is 15.7. The van der Waals surface area contributed by atoms with Crippen LogP contribution in [0.1, 0.15) is 17.0 Å². The average Bonchev–Trinajstić information content (AvgIpc) is 3.30. The molecule has 3 aromatic rings. The summed E-state index contributed by atoms with van der Waals surface area (Å²) in [4.78, 5) is 31.3. The van der Waals surface area contributed by atoms with E-state index in [4.69, 9.17) is 9.15 Å². The zero-order chi connectivity index (χ0) is 20.3. The Hall–Kier alpha value is -2.98. The van der Waals surface area contributed by atoms with Crippen LogP contribution in [0.15, 0.2) is 34.7 Å². The van der Waals surface area contributed by atoms with Gasteiger partial charge in [-0.2, -0.15) is 0 Å². The average molecular weight is 404 g/mol. The lowest BCUT2D eigenvalue weighted by atomic mass is 10.3. The van der Waals surface area contributed by atoms with Crippen LogP contribution in [-0.2, 0) is 0 Å². The van der Waals surface area contributed by atoms with E-state index in [-0.39, 0.29) is 5.76 Å². The highest BCUT2D eigenvalue weighted by Gasteiger charge is 2.26. The van der Waals surface area contributed by atoms with Crippen molar-refractivity contribution in [3.8, 4) is 5.75 Å². The van der Waals surface area contributed by atoms with Gasteiger partial charge in [0.2, 0.25) is 0 Å². The van der Waals surface area contributed by atoms with Crippen molar-refractivity contribution in [1.82, 2.24) is 9.88 Å². The molecule has 0 aliphatic heterocycles. The van der Waals surface area contributed by atoms with E-state index in [1.807, 2.05) is 31.1 Å². The third-order valence-corrected chi connectivity index (χ3v) is 5.09. The first-order valence-electron chi connectivity index (χ1n) is 8.54. The molecule has 0 aliphatic rings. The van der Waals surface area contributed by atoms with Gasteiger partial charge in [-0.05, 0) is 45.3 Å². The number of furan rings is 1. The van der Waals surface area contributed by atoms with Crippen LogP contribution in [0.3, 0.4) is 0 Å². The van der Waals surface area contributed by atoms with Gasteiger partial charge in [-0.25, -0.2) is 4.98 Å². The van der Waals surface area contributed by atoms with Crippen molar-refractivity contribution in [2.75, 3.05) is 39.2 Å². The predicted molar refractivity (Wildman–Crippen MR) is 106 cm³/mol. The Balaban J connectivity index is 1.93. The molecule has 0 spiro atoms. The standard InChI is InChI=1S/C18H20N4O5S/c1-20(2)9-4-10-21(17(23)14-6-8-16(27-14)22(24)25)18-19-13-11-12(26-3)5-7-15(13)28-18/h5-8,11H,4,9-10H2,1-3H3. The van der Waals surface area contributed by atoms with Crippen molar-refractivity contribution in [3.63, 3.8) is 0 Å². The molecule has 1 amide bonds. The largest absolute Gasteiger partial charge is 0.497 e. The number of anilines is 1. The van der Waals surface area contributed by atoms with Gasteiger partial charge in [-0.3, -0.25) is 19.8 Å². The second-order valence-electron chi connectivity index (χ2n) is 6.34. The smallest absolute Gasteiger partial charge is 0.433 e. The number of aromatic nitrogens is 1. The maximum Gasteiger partial charge on any atom is 0.433 e. The first-order chi connectivity index (χ1) is 13.4. The molecule has 9 nitrogen and oxygen atoms in total. The Morgan fingerprint density at radius 2 is 2.07 bits per heavy atom. The van der Waals surface area contributed by atoms with Gasteiger partial charge in [-0.1, -0.05) is 11.3 Å². The Morgan fingerprint density at radius 1 is 1.29 bits per heavy atom. The molecule has 0 unspecified atom stereocenters. The fraction of sp³-hybridized carbons (Fsp3) is 0.333. The molecule has 0 atom stereocenters. The number of nitrogens with zero attached hydrogens (tertiary/aromatic N) is 4. The first kappa shape index (κ1) is 19.8. The van der Waals surface area contributed by atoms with Crippen LogP contribution in [0.4, 0.5) is 11.0 Å². The molecule has 148 valence electrons. The van der Waals surface area contributed by atoms with Crippen molar-refractivity contribution in [1.29, 1.82) is 0 Å². The van der Waals surface area contributed by atoms with Crippen molar-refractivity contribution in [2.24, 2.45) is 0 Å². The number of thiazole rings is 1. The Kier molecular flexibility index (Phi) is 5.90. The summed E-state index contributed by atoms with van der Waals surface area (Å²) < 4.78 is 11.2. The molecule has 0 N–H and O–H groups in total. The van der Waals surface area contributed by atoms with Crippen molar-refractivity contribution < 1.29 is 18.9 Å². The van der Waals surface area contributed by atoms with E-state index in [0.717, 1.165) is 16.8 Å². The summed E-state index contributed by atoms with van der Waals surface area (Å²) in [6.45, 7) is 1.18.